The molecule has 0 radical (unpaired) electrons. The summed E-state index contributed by atoms with van der Waals surface area (Å²) in [5, 5.41) is 11.2. The molecule has 0 spiro atoms. The van der Waals surface area contributed by atoms with Crippen molar-refractivity contribution in [3.8, 4) is 33.8 Å². The third-order valence-electron chi connectivity index (χ3n) is 6.00. The van der Waals surface area contributed by atoms with Crippen molar-refractivity contribution >= 4 is 33.7 Å². The maximum absolute atomic E-state index is 12.4. The van der Waals surface area contributed by atoms with Gasteiger partial charge in [0.2, 0.25) is 5.91 Å². The van der Waals surface area contributed by atoms with Crippen LogP contribution in [0.15, 0.2) is 71.9 Å². The zero-order valence-electron chi connectivity index (χ0n) is 20.0. The number of hydrogen-bond donors (Lipinski definition) is 3. The van der Waals surface area contributed by atoms with Crippen molar-refractivity contribution in [3.63, 3.8) is 0 Å². The van der Waals surface area contributed by atoms with E-state index in [9.17, 15) is 4.79 Å². The molecule has 178 valence electrons. The standard InChI is InChI=1S/C27H23N7O2/c1-27(2,3)26(35)30-18-9-16(11-28-13-18)17-10-20-23(33-34-24(20)29-12-17)25-31-21-6-4-5-19(22(21)32-25)15-7-8-36-14-15/h4-14H,1-3H3,(H,30,35)(H,31,32)(H,29,33,34). The quantitative estimate of drug-likeness (QED) is 0.294. The number of aromatic amines is 2. The van der Waals surface area contributed by atoms with Crippen LogP contribution >= 0.6 is 0 Å². The second kappa shape index (κ2) is 8.16. The second-order valence-electron chi connectivity index (χ2n) is 9.66. The van der Waals surface area contributed by atoms with Crippen LogP contribution < -0.4 is 5.32 Å². The Morgan fingerprint density at radius 1 is 1.03 bits per heavy atom. The number of imidazole rings is 1. The number of carbonyl (C=O) groups is 1. The normalized spacial score (nSPS) is 11.9. The van der Waals surface area contributed by atoms with E-state index in [1.165, 1.54) is 0 Å². The van der Waals surface area contributed by atoms with E-state index < -0.39 is 5.41 Å². The van der Waals surface area contributed by atoms with Gasteiger partial charge in [0.25, 0.3) is 0 Å². The number of para-hydroxylation sites is 1. The highest BCUT2D eigenvalue weighted by Gasteiger charge is 2.21. The number of pyridine rings is 2. The smallest absolute Gasteiger partial charge is 0.229 e. The molecule has 0 aliphatic carbocycles. The number of furan rings is 1. The van der Waals surface area contributed by atoms with Crippen molar-refractivity contribution in [1.29, 1.82) is 0 Å². The minimum atomic E-state index is -0.508. The number of nitrogens with zero attached hydrogens (tertiary/aromatic N) is 4. The molecule has 1 aromatic carbocycles. The third-order valence-corrected chi connectivity index (χ3v) is 6.00. The Morgan fingerprint density at radius 3 is 2.69 bits per heavy atom. The molecule has 0 aliphatic rings. The highest BCUT2D eigenvalue weighted by molar-refractivity contribution is 5.98. The monoisotopic (exact) mass is 477 g/mol. The fourth-order valence-corrected chi connectivity index (χ4v) is 4.02. The van der Waals surface area contributed by atoms with Gasteiger partial charge in [-0.15, -0.1) is 0 Å². The van der Waals surface area contributed by atoms with Crippen LogP contribution in [-0.4, -0.2) is 36.0 Å². The summed E-state index contributed by atoms with van der Waals surface area (Å²) in [6, 6.07) is 11.8. The number of H-pyrrole nitrogens is 2. The van der Waals surface area contributed by atoms with Gasteiger partial charge < -0.3 is 14.7 Å². The van der Waals surface area contributed by atoms with Crippen LogP contribution in [0.25, 0.3) is 55.8 Å². The molecule has 0 fully saturated rings. The predicted octanol–water partition coefficient (Wildman–Crippen LogP) is 5.81. The summed E-state index contributed by atoms with van der Waals surface area (Å²) in [4.78, 5) is 29.5. The number of carbonyl (C=O) groups excluding carboxylic acids is 1. The molecule has 36 heavy (non-hydrogen) atoms. The minimum absolute atomic E-state index is 0.0770. The Balaban J connectivity index is 1.40. The highest BCUT2D eigenvalue weighted by atomic mass is 16.3. The number of hydrogen-bond acceptors (Lipinski definition) is 6. The fourth-order valence-electron chi connectivity index (χ4n) is 4.02. The molecule has 0 saturated heterocycles. The lowest BCUT2D eigenvalue weighted by Gasteiger charge is -2.17. The van der Waals surface area contributed by atoms with Crippen molar-refractivity contribution < 1.29 is 9.21 Å². The number of aromatic nitrogens is 6. The maximum atomic E-state index is 12.4. The highest BCUT2D eigenvalue weighted by Crippen LogP contribution is 2.33. The lowest BCUT2D eigenvalue weighted by atomic mass is 9.95. The van der Waals surface area contributed by atoms with Gasteiger partial charge in [0, 0.05) is 40.1 Å². The SMILES string of the molecule is CC(C)(C)C(=O)Nc1cncc(-c2cnc3[nH]nc(-c4nc5c(-c6ccoc6)cccc5[nH]4)c3c2)c1. The molecule has 9 nitrogen and oxygen atoms in total. The van der Waals surface area contributed by atoms with Crippen molar-refractivity contribution in [2.24, 2.45) is 5.41 Å². The summed E-state index contributed by atoms with van der Waals surface area (Å²) >= 11 is 0. The largest absolute Gasteiger partial charge is 0.472 e. The number of nitrogens with one attached hydrogen (secondary N) is 3. The van der Waals surface area contributed by atoms with E-state index in [4.69, 9.17) is 9.40 Å². The van der Waals surface area contributed by atoms with Gasteiger partial charge in [0.05, 0.1) is 40.8 Å². The number of rotatable bonds is 4. The van der Waals surface area contributed by atoms with E-state index in [2.05, 4.69) is 30.5 Å². The van der Waals surface area contributed by atoms with Gasteiger partial charge in [-0.1, -0.05) is 32.9 Å². The van der Waals surface area contributed by atoms with Gasteiger partial charge >= 0.3 is 0 Å². The molecule has 3 N–H and O–H groups in total. The Bertz CT molecular complexity index is 1720. The van der Waals surface area contributed by atoms with Crippen LogP contribution in [0.4, 0.5) is 5.69 Å². The summed E-state index contributed by atoms with van der Waals surface area (Å²) in [6.45, 7) is 5.61. The first-order chi connectivity index (χ1) is 17.4. The average molecular weight is 478 g/mol. The summed E-state index contributed by atoms with van der Waals surface area (Å²) in [6.07, 6.45) is 8.48. The van der Waals surface area contributed by atoms with E-state index >= 15 is 0 Å². The van der Waals surface area contributed by atoms with Gasteiger partial charge in [0.1, 0.15) is 5.69 Å². The Kier molecular flexibility index (Phi) is 4.92. The Labute approximate surface area is 206 Å². The van der Waals surface area contributed by atoms with Crippen LogP contribution in [-0.2, 0) is 4.79 Å². The van der Waals surface area contributed by atoms with Crippen LogP contribution in [0.1, 0.15) is 20.8 Å². The van der Waals surface area contributed by atoms with Gasteiger partial charge in [0.15, 0.2) is 11.5 Å². The Hall–Kier alpha value is -4.79. The number of amides is 1. The zero-order chi connectivity index (χ0) is 24.9. The second-order valence-corrected chi connectivity index (χ2v) is 9.66. The van der Waals surface area contributed by atoms with Crippen LogP contribution in [0.2, 0.25) is 0 Å². The molecule has 6 rings (SSSR count). The summed E-state index contributed by atoms with van der Waals surface area (Å²) in [5.41, 5.74) is 6.78. The van der Waals surface area contributed by atoms with E-state index in [0.29, 0.717) is 22.9 Å². The number of anilines is 1. The fraction of sp³-hybridized carbons (Fsp3) is 0.148. The molecule has 9 heteroatoms. The molecular formula is C27H23N7O2. The van der Waals surface area contributed by atoms with E-state index in [1.807, 2.05) is 57.2 Å². The first-order valence-corrected chi connectivity index (χ1v) is 11.5. The first-order valence-electron chi connectivity index (χ1n) is 11.5. The van der Waals surface area contributed by atoms with E-state index in [0.717, 1.165) is 38.7 Å². The van der Waals surface area contributed by atoms with Crippen molar-refractivity contribution in [2.75, 3.05) is 5.32 Å². The molecule has 0 bridgehead atoms. The average Bonchev–Trinajstić information content (AvgIpc) is 3.62. The van der Waals surface area contributed by atoms with Gasteiger partial charge in [-0.05, 0) is 24.3 Å². The van der Waals surface area contributed by atoms with Gasteiger partial charge in [-0.25, -0.2) is 9.97 Å². The molecule has 0 saturated carbocycles. The molecule has 5 aromatic heterocycles. The van der Waals surface area contributed by atoms with Crippen LogP contribution in [0, 0.1) is 5.41 Å². The van der Waals surface area contributed by atoms with Gasteiger partial charge in [-0.2, -0.15) is 5.10 Å². The molecule has 5 heterocycles. The van der Waals surface area contributed by atoms with E-state index in [-0.39, 0.29) is 5.91 Å². The zero-order valence-corrected chi connectivity index (χ0v) is 20.0. The number of benzene rings is 1. The molecular weight excluding hydrogens is 454 g/mol. The molecule has 0 unspecified atom stereocenters. The lowest BCUT2D eigenvalue weighted by molar-refractivity contribution is -0.123. The number of fused-ring (bicyclic) bond motifs is 2. The first kappa shape index (κ1) is 21.7. The summed E-state index contributed by atoms with van der Waals surface area (Å²) in [5.74, 6) is 0.558. The predicted molar refractivity (Wildman–Crippen MR) is 138 cm³/mol. The van der Waals surface area contributed by atoms with Crippen molar-refractivity contribution in [1.82, 2.24) is 30.1 Å². The topological polar surface area (TPSA) is 125 Å². The van der Waals surface area contributed by atoms with E-state index in [1.54, 1.807) is 31.1 Å². The van der Waals surface area contributed by atoms with Crippen molar-refractivity contribution in [2.45, 2.75) is 20.8 Å². The summed E-state index contributed by atoms with van der Waals surface area (Å²) in [7, 11) is 0. The van der Waals surface area contributed by atoms with Gasteiger partial charge in [-0.3, -0.25) is 14.9 Å². The van der Waals surface area contributed by atoms with Crippen LogP contribution in [0.3, 0.4) is 0 Å². The summed E-state index contributed by atoms with van der Waals surface area (Å²) < 4.78 is 5.26. The minimum Gasteiger partial charge on any atom is -0.472 e. The third kappa shape index (κ3) is 3.80. The van der Waals surface area contributed by atoms with Crippen LogP contribution in [0.5, 0.6) is 0 Å². The Morgan fingerprint density at radius 2 is 1.89 bits per heavy atom. The maximum Gasteiger partial charge on any atom is 0.229 e. The molecule has 1 amide bonds. The molecule has 6 aromatic rings. The van der Waals surface area contributed by atoms with Crippen molar-refractivity contribution in [3.05, 3.63) is 67.5 Å². The molecule has 0 atom stereocenters. The molecule has 0 aliphatic heterocycles. The lowest BCUT2D eigenvalue weighted by Crippen LogP contribution is -2.27.